The molecule has 0 N–H and O–H groups in total. The molecule has 1 aliphatic rings. The fraction of sp³-hybridized carbons (Fsp3) is 0.182. The summed E-state index contributed by atoms with van der Waals surface area (Å²) in [6.45, 7) is 8.23. The largest absolute Gasteiger partial charge is 0.494 e. The van der Waals surface area contributed by atoms with Crippen molar-refractivity contribution in [3.05, 3.63) is 97.1 Å². The molecule has 6 nitrogen and oxygen atoms in total. The predicted octanol–water partition coefficient (Wildman–Crippen LogP) is 7.07. The molecule has 0 spiro atoms. The molecule has 0 unspecified atom stereocenters. The van der Waals surface area contributed by atoms with E-state index in [1.807, 2.05) is 84.9 Å². The van der Waals surface area contributed by atoms with Crippen molar-refractivity contribution in [2.24, 2.45) is 0 Å². The average Bonchev–Trinajstić information content (AvgIpc) is 3.45. The third-order valence-electron chi connectivity index (χ3n) is 8.00. The van der Waals surface area contributed by atoms with E-state index in [1.54, 1.807) is 0 Å². The molecule has 7 heteroatoms. The van der Waals surface area contributed by atoms with Gasteiger partial charge in [-0.2, -0.15) is 0 Å². The maximum Gasteiger partial charge on any atom is 0.494 e. The summed E-state index contributed by atoms with van der Waals surface area (Å²) in [7, 11) is -0.427. The molecule has 0 saturated carbocycles. The quantitative estimate of drug-likeness (QED) is 0.229. The lowest BCUT2D eigenvalue weighted by Crippen LogP contribution is -2.41. The standard InChI is InChI=1S/C33H28BN3O3/c1-32(2)33(3,4)40-34(39-32)24-17-14-22(15-18-24)30-35-29(21-10-6-5-7-11-21)36-31(37-30)23-16-19-26-25-12-8-9-13-27(25)38-28(26)20-23/h5-20H,1-4H3. The Hall–Kier alpha value is -4.33. The second-order valence-electron chi connectivity index (χ2n) is 11.2. The normalized spacial score (nSPS) is 16.1. The van der Waals surface area contributed by atoms with Crippen molar-refractivity contribution in [1.82, 2.24) is 15.0 Å². The Morgan fingerprint density at radius 2 is 1.05 bits per heavy atom. The van der Waals surface area contributed by atoms with E-state index in [2.05, 4.69) is 39.8 Å². The number of benzene rings is 4. The number of hydrogen-bond donors (Lipinski definition) is 0. The van der Waals surface area contributed by atoms with Crippen LogP contribution < -0.4 is 5.46 Å². The van der Waals surface area contributed by atoms with Crippen LogP contribution in [0.3, 0.4) is 0 Å². The molecule has 3 heterocycles. The highest BCUT2D eigenvalue weighted by molar-refractivity contribution is 6.62. The van der Waals surface area contributed by atoms with Crippen LogP contribution >= 0.6 is 0 Å². The van der Waals surface area contributed by atoms with Crippen molar-refractivity contribution in [2.45, 2.75) is 38.9 Å². The summed E-state index contributed by atoms with van der Waals surface area (Å²) in [5.74, 6) is 1.79. The van der Waals surface area contributed by atoms with E-state index in [9.17, 15) is 0 Å². The Balaban J connectivity index is 1.30. The maximum absolute atomic E-state index is 6.23. The smallest absolute Gasteiger partial charge is 0.456 e. The van der Waals surface area contributed by atoms with Crippen LogP contribution in [-0.4, -0.2) is 33.3 Å². The van der Waals surface area contributed by atoms with Gasteiger partial charge in [0.25, 0.3) is 0 Å². The first-order valence-electron chi connectivity index (χ1n) is 13.5. The van der Waals surface area contributed by atoms with E-state index in [-0.39, 0.29) is 0 Å². The highest BCUT2D eigenvalue weighted by Crippen LogP contribution is 2.37. The molecule has 0 amide bonds. The molecule has 0 atom stereocenters. The van der Waals surface area contributed by atoms with Gasteiger partial charge in [-0.15, -0.1) is 0 Å². The second kappa shape index (κ2) is 9.12. The summed E-state index contributed by atoms with van der Waals surface area (Å²) >= 11 is 0. The van der Waals surface area contributed by atoms with Crippen LogP contribution in [0.25, 0.3) is 56.1 Å². The average molecular weight is 525 g/mol. The van der Waals surface area contributed by atoms with E-state index in [4.69, 9.17) is 28.7 Å². The Kier molecular flexibility index (Phi) is 5.63. The lowest BCUT2D eigenvalue weighted by atomic mass is 9.79. The lowest BCUT2D eigenvalue weighted by Gasteiger charge is -2.32. The summed E-state index contributed by atoms with van der Waals surface area (Å²) in [6, 6.07) is 32.2. The molecule has 0 bridgehead atoms. The predicted molar refractivity (Wildman–Crippen MR) is 159 cm³/mol. The third-order valence-corrected chi connectivity index (χ3v) is 8.00. The van der Waals surface area contributed by atoms with Crippen LogP contribution in [0.2, 0.25) is 0 Å². The molecule has 1 aliphatic heterocycles. The van der Waals surface area contributed by atoms with Gasteiger partial charge >= 0.3 is 7.12 Å². The molecule has 6 aromatic rings. The zero-order valence-corrected chi connectivity index (χ0v) is 22.9. The summed E-state index contributed by atoms with van der Waals surface area (Å²) in [6.07, 6.45) is 0. The summed E-state index contributed by atoms with van der Waals surface area (Å²) in [5.41, 5.74) is 4.48. The Morgan fingerprint density at radius 1 is 0.525 bits per heavy atom. The van der Waals surface area contributed by atoms with Crippen LogP contribution in [0.15, 0.2) is 101 Å². The zero-order valence-electron chi connectivity index (χ0n) is 22.9. The van der Waals surface area contributed by atoms with Crippen LogP contribution in [0.4, 0.5) is 0 Å². The van der Waals surface area contributed by atoms with Crippen molar-refractivity contribution in [2.75, 3.05) is 0 Å². The van der Waals surface area contributed by atoms with Crippen molar-refractivity contribution in [3.63, 3.8) is 0 Å². The first-order valence-corrected chi connectivity index (χ1v) is 13.5. The van der Waals surface area contributed by atoms with Crippen LogP contribution in [0.5, 0.6) is 0 Å². The maximum atomic E-state index is 6.23. The molecule has 1 fully saturated rings. The molecule has 0 aliphatic carbocycles. The minimum atomic E-state index is -0.427. The van der Waals surface area contributed by atoms with Gasteiger partial charge in [0.1, 0.15) is 11.2 Å². The van der Waals surface area contributed by atoms with Crippen molar-refractivity contribution >= 4 is 34.5 Å². The highest BCUT2D eigenvalue weighted by atomic mass is 16.7. The SMILES string of the molecule is CC1(C)OB(c2ccc(-c3nc(-c4ccccc4)nc(-c4ccc5c(c4)oc4ccccc45)n3)cc2)OC1(C)C. The monoisotopic (exact) mass is 525 g/mol. The van der Waals surface area contributed by atoms with Crippen LogP contribution in [0.1, 0.15) is 27.7 Å². The van der Waals surface area contributed by atoms with Gasteiger partial charge in [-0.1, -0.05) is 78.9 Å². The number of hydrogen-bond acceptors (Lipinski definition) is 6. The summed E-state index contributed by atoms with van der Waals surface area (Å²) < 4.78 is 18.6. The fourth-order valence-corrected chi connectivity index (χ4v) is 4.98. The third kappa shape index (κ3) is 4.19. The zero-order chi connectivity index (χ0) is 27.5. The Morgan fingerprint density at radius 3 is 1.73 bits per heavy atom. The van der Waals surface area contributed by atoms with E-state index in [0.717, 1.165) is 44.1 Å². The van der Waals surface area contributed by atoms with Gasteiger partial charge in [-0.3, -0.25) is 0 Å². The minimum absolute atomic E-state index is 0.398. The van der Waals surface area contributed by atoms with E-state index < -0.39 is 18.3 Å². The number of rotatable bonds is 4. The molecule has 196 valence electrons. The van der Waals surface area contributed by atoms with Crippen molar-refractivity contribution in [3.8, 4) is 34.2 Å². The highest BCUT2D eigenvalue weighted by Gasteiger charge is 2.51. The number of furan rings is 1. The van der Waals surface area contributed by atoms with Crippen LogP contribution in [-0.2, 0) is 9.31 Å². The fourth-order valence-electron chi connectivity index (χ4n) is 4.98. The first kappa shape index (κ1) is 24.7. The molecule has 4 aromatic carbocycles. The molecule has 0 radical (unpaired) electrons. The van der Waals surface area contributed by atoms with Crippen molar-refractivity contribution in [1.29, 1.82) is 0 Å². The van der Waals surface area contributed by atoms with E-state index >= 15 is 0 Å². The number of para-hydroxylation sites is 1. The molecule has 1 saturated heterocycles. The lowest BCUT2D eigenvalue weighted by molar-refractivity contribution is 0.00578. The van der Waals surface area contributed by atoms with Gasteiger partial charge in [-0.05, 0) is 51.4 Å². The number of aromatic nitrogens is 3. The molecule has 2 aromatic heterocycles. The van der Waals surface area contributed by atoms with Gasteiger partial charge in [0.15, 0.2) is 17.5 Å². The van der Waals surface area contributed by atoms with Crippen molar-refractivity contribution < 1.29 is 13.7 Å². The molecular weight excluding hydrogens is 497 g/mol. The van der Waals surface area contributed by atoms with Gasteiger partial charge in [-0.25, -0.2) is 15.0 Å². The van der Waals surface area contributed by atoms with Gasteiger partial charge in [0.2, 0.25) is 0 Å². The Labute approximate surface area is 233 Å². The molecule has 40 heavy (non-hydrogen) atoms. The van der Waals surface area contributed by atoms with Gasteiger partial charge in [0, 0.05) is 27.5 Å². The first-order chi connectivity index (χ1) is 19.3. The number of fused-ring (bicyclic) bond motifs is 3. The Bertz CT molecular complexity index is 1850. The summed E-state index contributed by atoms with van der Waals surface area (Å²) in [5, 5.41) is 2.16. The summed E-state index contributed by atoms with van der Waals surface area (Å²) in [4.78, 5) is 14.6. The topological polar surface area (TPSA) is 70.3 Å². The van der Waals surface area contributed by atoms with Gasteiger partial charge < -0.3 is 13.7 Å². The van der Waals surface area contributed by atoms with E-state index in [0.29, 0.717) is 17.5 Å². The minimum Gasteiger partial charge on any atom is -0.456 e. The molecule has 7 rings (SSSR count). The van der Waals surface area contributed by atoms with E-state index in [1.165, 1.54) is 0 Å². The van der Waals surface area contributed by atoms with Crippen LogP contribution in [0, 0.1) is 0 Å². The van der Waals surface area contributed by atoms with Gasteiger partial charge in [0.05, 0.1) is 11.2 Å². The second-order valence-corrected chi connectivity index (χ2v) is 11.2. The number of nitrogens with zero attached hydrogens (tertiary/aromatic N) is 3. The molecular formula is C33H28BN3O3.